The molecular weight excluding hydrogens is 278 g/mol. The van der Waals surface area contributed by atoms with Crippen molar-refractivity contribution < 1.29 is 20.1 Å². The van der Waals surface area contributed by atoms with E-state index in [9.17, 15) is 10.2 Å². The largest absolute Gasteiger partial charge is 0.394 e. The molecule has 0 aromatic rings. The van der Waals surface area contributed by atoms with Crippen molar-refractivity contribution in [2.45, 2.75) is 37.1 Å². The zero-order valence-electron chi connectivity index (χ0n) is 11.8. The van der Waals surface area contributed by atoms with Gasteiger partial charge >= 0.3 is 0 Å². The van der Waals surface area contributed by atoms with Gasteiger partial charge in [-0.2, -0.15) is 0 Å². The molecule has 3 aliphatic heterocycles. The maximum absolute atomic E-state index is 10.1. The fourth-order valence-corrected chi connectivity index (χ4v) is 2.71. The fraction of sp³-hybridized carbons (Fsp3) is 0.750. The number of aliphatic imine (C=N–C) groups is 3. The molecule has 0 aromatic heterocycles. The van der Waals surface area contributed by atoms with Gasteiger partial charge in [0.25, 0.3) is 0 Å². The molecule has 4 N–H and O–H groups in total. The van der Waals surface area contributed by atoms with Gasteiger partial charge in [-0.1, -0.05) is 0 Å². The molecule has 1 saturated heterocycles. The molecule has 3 heterocycles. The van der Waals surface area contributed by atoms with E-state index in [1.807, 2.05) is 6.92 Å². The van der Waals surface area contributed by atoms with E-state index < -0.39 is 30.2 Å². The lowest BCUT2D eigenvalue weighted by molar-refractivity contribution is -0.0688. The van der Waals surface area contributed by atoms with Gasteiger partial charge in [0, 0.05) is 0 Å². The van der Waals surface area contributed by atoms with Crippen molar-refractivity contribution in [3.05, 3.63) is 0 Å². The standard InChI is InChI=1S/C12H19N5O4/c1-12(13-2)9-10(14-4-16-12)17(5-15-9)11-8(20)7(19)6(3-18)21-11/h4,6-8,11,13,18-20H,3,5H2,1-2H3/t6-,7-,8-,11-,12?/m1/s1. The van der Waals surface area contributed by atoms with Gasteiger partial charge in [-0.05, 0) is 14.0 Å². The summed E-state index contributed by atoms with van der Waals surface area (Å²) in [5.41, 5.74) is -0.0186. The van der Waals surface area contributed by atoms with Crippen LogP contribution in [0.5, 0.6) is 0 Å². The summed E-state index contributed by atoms with van der Waals surface area (Å²) < 4.78 is 5.53. The van der Waals surface area contributed by atoms with Crippen LogP contribution in [0, 0.1) is 0 Å². The normalized spacial score (nSPS) is 42.0. The van der Waals surface area contributed by atoms with Gasteiger partial charge in [-0.15, -0.1) is 0 Å². The van der Waals surface area contributed by atoms with Gasteiger partial charge < -0.3 is 25.0 Å². The summed E-state index contributed by atoms with van der Waals surface area (Å²) in [5, 5.41) is 32.2. The first-order valence-electron chi connectivity index (χ1n) is 6.76. The van der Waals surface area contributed by atoms with Crippen LogP contribution in [0.4, 0.5) is 0 Å². The lowest BCUT2D eigenvalue weighted by Gasteiger charge is -2.32. The van der Waals surface area contributed by atoms with Crippen molar-refractivity contribution in [3.8, 4) is 0 Å². The second-order valence-corrected chi connectivity index (χ2v) is 5.37. The van der Waals surface area contributed by atoms with Crippen LogP contribution in [-0.4, -0.2) is 88.6 Å². The Labute approximate surface area is 121 Å². The molecule has 0 amide bonds. The Balaban J connectivity index is 1.85. The van der Waals surface area contributed by atoms with Crippen molar-refractivity contribution >= 4 is 17.9 Å². The maximum atomic E-state index is 10.1. The van der Waals surface area contributed by atoms with Crippen molar-refractivity contribution in [1.29, 1.82) is 0 Å². The average molecular weight is 297 g/mol. The smallest absolute Gasteiger partial charge is 0.162 e. The maximum Gasteiger partial charge on any atom is 0.162 e. The van der Waals surface area contributed by atoms with Gasteiger partial charge in [0.1, 0.15) is 37.0 Å². The number of fused-ring (bicyclic) bond motifs is 1. The number of nitrogens with one attached hydrogen (secondary N) is 1. The average Bonchev–Trinajstić information content (AvgIpc) is 3.03. The molecule has 9 heteroatoms. The van der Waals surface area contributed by atoms with Gasteiger partial charge in [0.05, 0.1) is 6.61 Å². The van der Waals surface area contributed by atoms with Crippen LogP contribution in [-0.2, 0) is 4.74 Å². The lowest BCUT2D eigenvalue weighted by atomic mass is 10.0. The minimum atomic E-state index is -1.14. The predicted octanol–water partition coefficient (Wildman–Crippen LogP) is -2.48. The molecule has 0 radical (unpaired) electrons. The number of amidine groups is 1. The van der Waals surface area contributed by atoms with E-state index in [4.69, 9.17) is 9.84 Å². The molecule has 0 bridgehead atoms. The first-order valence-corrected chi connectivity index (χ1v) is 6.76. The summed E-state index contributed by atoms with van der Waals surface area (Å²) in [6, 6.07) is 0. The second kappa shape index (κ2) is 5.11. The molecule has 0 saturated carbocycles. The van der Waals surface area contributed by atoms with Crippen molar-refractivity contribution in [1.82, 2.24) is 10.2 Å². The highest BCUT2D eigenvalue weighted by Crippen LogP contribution is 2.29. The Morgan fingerprint density at radius 3 is 2.86 bits per heavy atom. The van der Waals surface area contributed by atoms with E-state index in [2.05, 4.69) is 20.3 Å². The minimum Gasteiger partial charge on any atom is -0.394 e. The molecule has 1 unspecified atom stereocenters. The first kappa shape index (κ1) is 14.5. The molecule has 0 aliphatic carbocycles. The Morgan fingerprint density at radius 2 is 2.24 bits per heavy atom. The van der Waals surface area contributed by atoms with Crippen LogP contribution >= 0.6 is 0 Å². The van der Waals surface area contributed by atoms with Gasteiger partial charge in [0.2, 0.25) is 0 Å². The molecule has 3 rings (SSSR count). The minimum absolute atomic E-state index is 0.251. The predicted molar refractivity (Wildman–Crippen MR) is 75.3 cm³/mol. The molecular formula is C12H19N5O4. The van der Waals surface area contributed by atoms with Crippen LogP contribution in [0.25, 0.3) is 0 Å². The quantitative estimate of drug-likeness (QED) is 0.457. The van der Waals surface area contributed by atoms with Crippen LogP contribution in [0.3, 0.4) is 0 Å². The SMILES string of the molecule is CNC1(C)N=CN=C2C1=NCN2[C@@H]1O[C@H](CO)[C@@H](O)[C@H]1O. The van der Waals surface area contributed by atoms with Crippen molar-refractivity contribution in [2.75, 3.05) is 20.3 Å². The van der Waals surface area contributed by atoms with E-state index in [1.165, 1.54) is 6.34 Å². The summed E-state index contributed by atoms with van der Waals surface area (Å²) in [4.78, 5) is 14.6. The number of aliphatic hydroxyl groups excluding tert-OH is 3. The number of aliphatic hydroxyl groups is 3. The fourth-order valence-electron chi connectivity index (χ4n) is 2.71. The highest BCUT2D eigenvalue weighted by molar-refractivity contribution is 6.47. The number of hydrogen-bond donors (Lipinski definition) is 4. The van der Waals surface area contributed by atoms with E-state index in [1.54, 1.807) is 11.9 Å². The van der Waals surface area contributed by atoms with Gasteiger partial charge in [0.15, 0.2) is 17.7 Å². The molecule has 0 aromatic carbocycles. The Hall–Kier alpha value is -1.39. The highest BCUT2D eigenvalue weighted by atomic mass is 16.6. The number of rotatable bonds is 3. The molecule has 0 spiro atoms. The summed E-state index contributed by atoms with van der Waals surface area (Å²) in [7, 11) is 1.78. The van der Waals surface area contributed by atoms with E-state index >= 15 is 0 Å². The third-order valence-corrected chi connectivity index (χ3v) is 4.13. The van der Waals surface area contributed by atoms with E-state index in [0.29, 0.717) is 11.5 Å². The third-order valence-electron chi connectivity index (χ3n) is 4.13. The summed E-state index contributed by atoms with van der Waals surface area (Å²) in [6.07, 6.45) is -2.46. The van der Waals surface area contributed by atoms with E-state index in [0.717, 1.165) is 0 Å². The van der Waals surface area contributed by atoms with E-state index in [-0.39, 0.29) is 13.3 Å². The van der Waals surface area contributed by atoms with Gasteiger partial charge in [-0.25, -0.2) is 9.98 Å². The number of nitrogens with zero attached hydrogens (tertiary/aromatic N) is 4. The Kier molecular flexibility index (Phi) is 3.54. The Bertz CT molecular complexity index is 522. The van der Waals surface area contributed by atoms with Crippen molar-refractivity contribution in [2.24, 2.45) is 15.0 Å². The zero-order valence-corrected chi connectivity index (χ0v) is 11.8. The lowest BCUT2D eigenvalue weighted by Crippen LogP contribution is -2.55. The van der Waals surface area contributed by atoms with Crippen LogP contribution < -0.4 is 5.32 Å². The molecule has 9 nitrogen and oxygen atoms in total. The molecule has 3 aliphatic rings. The summed E-state index contributed by atoms with van der Waals surface area (Å²) in [5.74, 6) is 0.552. The zero-order chi connectivity index (χ0) is 15.2. The van der Waals surface area contributed by atoms with Crippen LogP contribution in [0.15, 0.2) is 15.0 Å². The molecule has 5 atom stereocenters. The van der Waals surface area contributed by atoms with Crippen molar-refractivity contribution in [3.63, 3.8) is 0 Å². The topological polar surface area (TPSA) is 122 Å². The monoisotopic (exact) mass is 297 g/mol. The number of ether oxygens (including phenoxy) is 1. The van der Waals surface area contributed by atoms with Gasteiger partial charge in [-0.3, -0.25) is 10.3 Å². The third kappa shape index (κ3) is 2.09. The Morgan fingerprint density at radius 1 is 1.48 bits per heavy atom. The molecule has 1 fully saturated rings. The summed E-state index contributed by atoms with van der Waals surface area (Å²) in [6.45, 7) is 1.76. The first-order chi connectivity index (χ1) is 10.0. The second-order valence-electron chi connectivity index (χ2n) is 5.37. The highest BCUT2D eigenvalue weighted by Gasteiger charge is 2.50. The van der Waals surface area contributed by atoms with Crippen LogP contribution in [0.1, 0.15) is 6.92 Å². The molecule has 116 valence electrons. The van der Waals surface area contributed by atoms with Crippen LogP contribution in [0.2, 0.25) is 0 Å². The molecule has 21 heavy (non-hydrogen) atoms. The number of hydrogen-bond acceptors (Lipinski definition) is 9. The summed E-state index contributed by atoms with van der Waals surface area (Å²) >= 11 is 0.